The van der Waals surface area contributed by atoms with E-state index in [1.807, 2.05) is 0 Å². The summed E-state index contributed by atoms with van der Waals surface area (Å²) < 4.78 is 23.0. The molecule has 6 heteroatoms. The Balaban J connectivity index is 2.12. The fourth-order valence-electron chi connectivity index (χ4n) is 2.15. The molecule has 0 aromatic carbocycles. The molecule has 1 aliphatic rings. The standard InChI is InChI=1S/C10H17N3O2S/c1-16(14,15)10-7-12-13-9(10)5-8-3-2-4-11-6-8/h7-8,11H,2-6H2,1H3,(H,12,13). The lowest BCUT2D eigenvalue weighted by molar-refractivity contribution is 0.372. The third kappa shape index (κ3) is 2.62. The smallest absolute Gasteiger partial charge is 0.178 e. The van der Waals surface area contributed by atoms with Crippen LogP contribution in [0.1, 0.15) is 18.5 Å². The monoisotopic (exact) mass is 243 g/mol. The van der Waals surface area contributed by atoms with Gasteiger partial charge in [0.25, 0.3) is 0 Å². The van der Waals surface area contributed by atoms with Gasteiger partial charge >= 0.3 is 0 Å². The number of rotatable bonds is 3. The van der Waals surface area contributed by atoms with E-state index in [2.05, 4.69) is 15.5 Å². The van der Waals surface area contributed by atoms with E-state index >= 15 is 0 Å². The van der Waals surface area contributed by atoms with Crippen molar-refractivity contribution in [1.29, 1.82) is 0 Å². The molecule has 0 saturated carbocycles. The molecule has 1 aromatic rings. The first-order chi connectivity index (χ1) is 7.57. The topological polar surface area (TPSA) is 74.8 Å². The first-order valence-electron chi connectivity index (χ1n) is 5.50. The van der Waals surface area contributed by atoms with E-state index in [0.29, 0.717) is 10.8 Å². The Labute approximate surface area is 95.6 Å². The normalized spacial score (nSPS) is 22.2. The van der Waals surface area contributed by atoms with Gasteiger partial charge in [-0.25, -0.2) is 8.42 Å². The molecule has 2 N–H and O–H groups in total. The third-order valence-corrected chi connectivity index (χ3v) is 4.12. The second-order valence-electron chi connectivity index (χ2n) is 4.40. The van der Waals surface area contributed by atoms with Gasteiger partial charge < -0.3 is 5.32 Å². The lowest BCUT2D eigenvalue weighted by atomic mass is 9.95. The van der Waals surface area contributed by atoms with Gasteiger partial charge in [-0.3, -0.25) is 5.10 Å². The SMILES string of the molecule is CS(=O)(=O)c1cn[nH]c1CC1CCCNC1. The third-order valence-electron chi connectivity index (χ3n) is 2.97. The first kappa shape index (κ1) is 11.6. The zero-order valence-corrected chi connectivity index (χ0v) is 10.2. The van der Waals surface area contributed by atoms with E-state index in [4.69, 9.17) is 0 Å². The highest BCUT2D eigenvalue weighted by Crippen LogP contribution is 2.20. The summed E-state index contributed by atoms with van der Waals surface area (Å²) >= 11 is 0. The van der Waals surface area contributed by atoms with Crippen molar-refractivity contribution in [2.75, 3.05) is 19.3 Å². The summed E-state index contributed by atoms with van der Waals surface area (Å²) in [6.07, 6.45) is 5.69. The molecule has 0 bridgehead atoms. The van der Waals surface area contributed by atoms with Gasteiger partial charge in [0.1, 0.15) is 4.90 Å². The summed E-state index contributed by atoms with van der Waals surface area (Å²) in [7, 11) is -3.16. The Morgan fingerprint density at radius 1 is 1.56 bits per heavy atom. The molecule has 1 atom stereocenters. The van der Waals surface area contributed by atoms with Crippen molar-refractivity contribution in [3.8, 4) is 0 Å². The highest BCUT2D eigenvalue weighted by atomic mass is 32.2. The molecular formula is C10H17N3O2S. The van der Waals surface area contributed by atoms with Crippen LogP contribution in [0, 0.1) is 5.92 Å². The molecule has 0 radical (unpaired) electrons. The predicted molar refractivity (Wildman–Crippen MR) is 61.0 cm³/mol. The number of hydrogen-bond donors (Lipinski definition) is 2. The van der Waals surface area contributed by atoms with Gasteiger partial charge in [-0.05, 0) is 38.3 Å². The van der Waals surface area contributed by atoms with Crippen molar-refractivity contribution >= 4 is 9.84 Å². The van der Waals surface area contributed by atoms with Crippen molar-refractivity contribution in [3.63, 3.8) is 0 Å². The molecule has 90 valence electrons. The predicted octanol–water partition coefficient (Wildman–Crippen LogP) is 0.355. The highest BCUT2D eigenvalue weighted by Gasteiger charge is 2.20. The van der Waals surface area contributed by atoms with Crippen molar-refractivity contribution in [2.45, 2.75) is 24.2 Å². The second kappa shape index (κ2) is 4.55. The number of aromatic nitrogens is 2. The first-order valence-corrected chi connectivity index (χ1v) is 7.39. The molecule has 2 heterocycles. The summed E-state index contributed by atoms with van der Waals surface area (Å²) in [4.78, 5) is 0.345. The fourth-order valence-corrected chi connectivity index (χ4v) is 2.98. The molecule has 1 fully saturated rings. The van der Waals surface area contributed by atoms with Crippen LogP contribution in [0.5, 0.6) is 0 Å². The number of piperidine rings is 1. The van der Waals surface area contributed by atoms with Crippen LogP contribution in [0.15, 0.2) is 11.1 Å². The van der Waals surface area contributed by atoms with Crippen LogP contribution < -0.4 is 5.32 Å². The molecule has 1 unspecified atom stereocenters. The molecule has 1 saturated heterocycles. The Kier molecular flexibility index (Phi) is 3.30. The Bertz CT molecular complexity index is 446. The van der Waals surface area contributed by atoms with Crippen LogP contribution in [0.25, 0.3) is 0 Å². The molecule has 16 heavy (non-hydrogen) atoms. The maximum Gasteiger partial charge on any atom is 0.178 e. The molecule has 1 aromatic heterocycles. The molecule has 5 nitrogen and oxygen atoms in total. The second-order valence-corrected chi connectivity index (χ2v) is 6.39. The lowest BCUT2D eigenvalue weighted by Gasteiger charge is -2.22. The van der Waals surface area contributed by atoms with E-state index in [1.165, 1.54) is 12.5 Å². The quantitative estimate of drug-likeness (QED) is 0.803. The van der Waals surface area contributed by atoms with Crippen LogP contribution >= 0.6 is 0 Å². The van der Waals surface area contributed by atoms with Crippen LogP contribution in [0.3, 0.4) is 0 Å². The number of nitrogens with zero attached hydrogens (tertiary/aromatic N) is 1. The molecule has 0 spiro atoms. The van der Waals surface area contributed by atoms with Crippen LogP contribution in [-0.2, 0) is 16.3 Å². The van der Waals surface area contributed by atoms with Crippen LogP contribution in [0.4, 0.5) is 0 Å². The van der Waals surface area contributed by atoms with Crippen molar-refractivity contribution < 1.29 is 8.42 Å². The van der Waals surface area contributed by atoms with E-state index in [1.54, 1.807) is 0 Å². The lowest BCUT2D eigenvalue weighted by Crippen LogP contribution is -2.31. The number of H-pyrrole nitrogens is 1. The summed E-state index contributed by atoms with van der Waals surface area (Å²) in [5.41, 5.74) is 0.746. The molecule has 0 aliphatic carbocycles. The van der Waals surface area contributed by atoms with Gasteiger partial charge in [0.15, 0.2) is 9.84 Å². The van der Waals surface area contributed by atoms with E-state index < -0.39 is 9.84 Å². The number of nitrogens with one attached hydrogen (secondary N) is 2. The summed E-state index contributed by atoms with van der Waals surface area (Å²) in [5.74, 6) is 0.509. The molecular weight excluding hydrogens is 226 g/mol. The van der Waals surface area contributed by atoms with E-state index in [9.17, 15) is 8.42 Å². The minimum atomic E-state index is -3.16. The van der Waals surface area contributed by atoms with Crippen LogP contribution in [-0.4, -0.2) is 38.0 Å². The summed E-state index contributed by atoms with van der Waals surface area (Å²) in [6, 6.07) is 0. The Hall–Kier alpha value is -0.880. The average molecular weight is 243 g/mol. The van der Waals surface area contributed by atoms with Crippen molar-refractivity contribution in [2.24, 2.45) is 5.92 Å². The molecule has 1 aliphatic heterocycles. The average Bonchev–Trinajstić information content (AvgIpc) is 2.67. The number of hydrogen-bond acceptors (Lipinski definition) is 4. The van der Waals surface area contributed by atoms with E-state index in [-0.39, 0.29) is 0 Å². The minimum Gasteiger partial charge on any atom is -0.316 e. The van der Waals surface area contributed by atoms with Gasteiger partial charge in [0, 0.05) is 6.26 Å². The number of sulfone groups is 1. The van der Waals surface area contributed by atoms with Crippen molar-refractivity contribution in [1.82, 2.24) is 15.5 Å². The zero-order chi connectivity index (χ0) is 11.6. The molecule has 2 rings (SSSR count). The molecule has 0 amide bonds. The maximum absolute atomic E-state index is 11.5. The Morgan fingerprint density at radius 3 is 3.00 bits per heavy atom. The van der Waals surface area contributed by atoms with Gasteiger partial charge in [-0.2, -0.15) is 5.10 Å². The zero-order valence-electron chi connectivity index (χ0n) is 9.36. The Morgan fingerprint density at radius 2 is 2.38 bits per heavy atom. The van der Waals surface area contributed by atoms with Crippen LogP contribution in [0.2, 0.25) is 0 Å². The van der Waals surface area contributed by atoms with E-state index in [0.717, 1.165) is 38.0 Å². The highest BCUT2D eigenvalue weighted by molar-refractivity contribution is 7.90. The minimum absolute atomic E-state index is 0.345. The summed E-state index contributed by atoms with van der Waals surface area (Å²) in [5, 5.41) is 9.95. The summed E-state index contributed by atoms with van der Waals surface area (Å²) in [6.45, 7) is 2.03. The fraction of sp³-hybridized carbons (Fsp3) is 0.700. The number of aromatic amines is 1. The van der Waals surface area contributed by atoms with Crippen molar-refractivity contribution in [3.05, 3.63) is 11.9 Å². The van der Waals surface area contributed by atoms with Gasteiger partial charge in [0.2, 0.25) is 0 Å². The van der Waals surface area contributed by atoms with Gasteiger partial charge in [-0.15, -0.1) is 0 Å². The largest absolute Gasteiger partial charge is 0.316 e. The maximum atomic E-state index is 11.5. The van der Waals surface area contributed by atoms with Gasteiger partial charge in [0.05, 0.1) is 11.9 Å². The van der Waals surface area contributed by atoms with Gasteiger partial charge in [-0.1, -0.05) is 0 Å².